The number of nitrogens with one attached hydrogen (secondary N) is 1. The van der Waals surface area contributed by atoms with E-state index in [1.807, 2.05) is 4.90 Å². The first-order chi connectivity index (χ1) is 11.7. The molecule has 1 fully saturated rings. The maximum Gasteiger partial charge on any atom is 0.267 e. The zero-order chi connectivity index (χ0) is 16.5. The third kappa shape index (κ3) is 2.86. The highest BCUT2D eigenvalue weighted by atomic mass is 16.2. The number of aromatic amines is 1. The fraction of sp³-hybridized carbons (Fsp3) is 0.529. The van der Waals surface area contributed by atoms with Crippen LogP contribution in [0.4, 0.5) is 0 Å². The molecule has 2 aliphatic rings. The van der Waals surface area contributed by atoms with Crippen LogP contribution in [0.2, 0.25) is 0 Å². The van der Waals surface area contributed by atoms with E-state index in [1.54, 1.807) is 23.1 Å². The fourth-order valence-electron chi connectivity index (χ4n) is 3.68. The molecule has 7 nitrogen and oxygen atoms in total. The summed E-state index contributed by atoms with van der Waals surface area (Å²) in [5.41, 5.74) is 2.82. The molecule has 1 amide bonds. The number of likely N-dealkylation sites (tertiary alicyclic amines) is 1. The van der Waals surface area contributed by atoms with Gasteiger partial charge in [-0.15, -0.1) is 0 Å². The summed E-state index contributed by atoms with van der Waals surface area (Å²) in [6.45, 7) is 2.09. The fourth-order valence-corrected chi connectivity index (χ4v) is 3.68. The molecule has 24 heavy (non-hydrogen) atoms. The van der Waals surface area contributed by atoms with Crippen molar-refractivity contribution in [1.29, 1.82) is 0 Å². The molecule has 126 valence electrons. The van der Waals surface area contributed by atoms with Gasteiger partial charge in [0.1, 0.15) is 0 Å². The van der Waals surface area contributed by atoms with Crippen molar-refractivity contribution in [1.82, 2.24) is 24.9 Å². The third-order valence-electron chi connectivity index (χ3n) is 5.10. The smallest absolute Gasteiger partial charge is 0.267 e. The largest absolute Gasteiger partial charge is 0.339 e. The normalized spacial score (nSPS) is 17.9. The summed E-state index contributed by atoms with van der Waals surface area (Å²) >= 11 is 0. The summed E-state index contributed by atoms with van der Waals surface area (Å²) in [6, 6.07) is 1.76. The number of piperidine rings is 1. The Hall–Kier alpha value is -2.44. The van der Waals surface area contributed by atoms with E-state index in [1.165, 1.54) is 0 Å². The van der Waals surface area contributed by atoms with E-state index in [0.29, 0.717) is 31.1 Å². The Morgan fingerprint density at radius 1 is 1.29 bits per heavy atom. The molecule has 0 bridgehead atoms. The second-order valence-electron chi connectivity index (χ2n) is 6.71. The molecule has 0 unspecified atom stereocenters. The van der Waals surface area contributed by atoms with E-state index in [4.69, 9.17) is 0 Å². The third-order valence-corrected chi connectivity index (χ3v) is 5.10. The summed E-state index contributed by atoms with van der Waals surface area (Å²) in [7, 11) is 0. The summed E-state index contributed by atoms with van der Waals surface area (Å²) in [6.07, 6.45) is 8.04. The SMILES string of the molecule is O=C(c1cn[nH]c1)N1CCC(Cn2nc3c(cc2=O)CCC3)CC1. The molecule has 7 heteroatoms. The number of nitrogens with zero attached hydrogens (tertiary/aromatic N) is 4. The Morgan fingerprint density at radius 3 is 2.88 bits per heavy atom. The van der Waals surface area contributed by atoms with E-state index in [0.717, 1.165) is 43.4 Å². The van der Waals surface area contributed by atoms with Gasteiger partial charge in [0, 0.05) is 31.9 Å². The van der Waals surface area contributed by atoms with E-state index < -0.39 is 0 Å². The van der Waals surface area contributed by atoms with Gasteiger partial charge in [0.25, 0.3) is 11.5 Å². The second kappa shape index (κ2) is 6.22. The first-order valence-corrected chi connectivity index (χ1v) is 8.58. The molecule has 4 rings (SSSR count). The van der Waals surface area contributed by atoms with Crippen LogP contribution in [0.15, 0.2) is 23.3 Å². The molecule has 1 N–H and O–H groups in total. The zero-order valence-electron chi connectivity index (χ0n) is 13.6. The summed E-state index contributed by atoms with van der Waals surface area (Å²) in [5, 5.41) is 11.1. The minimum absolute atomic E-state index is 0.00699. The highest BCUT2D eigenvalue weighted by Crippen LogP contribution is 2.21. The summed E-state index contributed by atoms with van der Waals surface area (Å²) in [5.74, 6) is 0.415. The number of carbonyl (C=O) groups excluding carboxylic acids is 1. The number of carbonyl (C=O) groups is 1. The van der Waals surface area contributed by atoms with Crippen molar-refractivity contribution >= 4 is 5.91 Å². The molecular weight excluding hydrogens is 306 g/mol. The molecule has 0 spiro atoms. The van der Waals surface area contributed by atoms with Gasteiger partial charge in [-0.2, -0.15) is 10.2 Å². The van der Waals surface area contributed by atoms with Crippen LogP contribution in [0.25, 0.3) is 0 Å². The maximum atomic E-state index is 12.3. The maximum absolute atomic E-state index is 12.3. The van der Waals surface area contributed by atoms with Gasteiger partial charge in [0.05, 0.1) is 17.5 Å². The number of aryl methyl sites for hydroxylation is 2. The number of aromatic nitrogens is 4. The van der Waals surface area contributed by atoms with Gasteiger partial charge in [0.15, 0.2) is 0 Å². The molecule has 1 aliphatic heterocycles. The number of fused-ring (bicyclic) bond motifs is 1. The molecular formula is C17H21N5O2. The Morgan fingerprint density at radius 2 is 2.12 bits per heavy atom. The van der Waals surface area contributed by atoms with Crippen LogP contribution in [-0.2, 0) is 19.4 Å². The van der Waals surface area contributed by atoms with Gasteiger partial charge >= 0.3 is 0 Å². The van der Waals surface area contributed by atoms with E-state index in [9.17, 15) is 9.59 Å². The van der Waals surface area contributed by atoms with Gasteiger partial charge in [-0.25, -0.2) is 4.68 Å². The van der Waals surface area contributed by atoms with Crippen molar-refractivity contribution in [2.45, 2.75) is 38.6 Å². The Bertz CT molecular complexity index is 788. The van der Waals surface area contributed by atoms with Crippen LogP contribution >= 0.6 is 0 Å². The lowest BCUT2D eigenvalue weighted by atomic mass is 9.96. The number of hydrogen-bond donors (Lipinski definition) is 1. The quantitative estimate of drug-likeness (QED) is 0.912. The van der Waals surface area contributed by atoms with Crippen molar-refractivity contribution in [3.05, 3.63) is 45.6 Å². The first-order valence-electron chi connectivity index (χ1n) is 8.58. The Kier molecular flexibility index (Phi) is 3.92. The Balaban J connectivity index is 1.38. The molecule has 0 aromatic carbocycles. The van der Waals surface area contributed by atoms with Crippen LogP contribution in [-0.4, -0.2) is 43.9 Å². The van der Waals surface area contributed by atoms with Crippen molar-refractivity contribution in [3.8, 4) is 0 Å². The van der Waals surface area contributed by atoms with Gasteiger partial charge < -0.3 is 4.90 Å². The average molecular weight is 327 g/mol. The number of amides is 1. The number of H-pyrrole nitrogens is 1. The van der Waals surface area contributed by atoms with Crippen LogP contribution < -0.4 is 5.56 Å². The van der Waals surface area contributed by atoms with Crippen molar-refractivity contribution in [3.63, 3.8) is 0 Å². The highest BCUT2D eigenvalue weighted by molar-refractivity contribution is 5.93. The lowest BCUT2D eigenvalue weighted by Crippen LogP contribution is -2.40. The lowest BCUT2D eigenvalue weighted by Gasteiger charge is -2.31. The average Bonchev–Trinajstić information content (AvgIpc) is 3.26. The predicted octanol–water partition coefficient (Wildman–Crippen LogP) is 1.01. The van der Waals surface area contributed by atoms with E-state index in [-0.39, 0.29) is 11.5 Å². The van der Waals surface area contributed by atoms with Crippen LogP contribution in [0.5, 0.6) is 0 Å². The predicted molar refractivity (Wildman–Crippen MR) is 87.7 cm³/mol. The van der Waals surface area contributed by atoms with Crippen molar-refractivity contribution < 1.29 is 4.79 Å². The van der Waals surface area contributed by atoms with E-state index >= 15 is 0 Å². The summed E-state index contributed by atoms with van der Waals surface area (Å²) < 4.78 is 1.63. The molecule has 1 aliphatic carbocycles. The molecule has 0 atom stereocenters. The molecule has 2 aromatic heterocycles. The van der Waals surface area contributed by atoms with Gasteiger partial charge in [-0.3, -0.25) is 14.7 Å². The lowest BCUT2D eigenvalue weighted by molar-refractivity contribution is 0.0680. The minimum atomic E-state index is 0.00699. The zero-order valence-corrected chi connectivity index (χ0v) is 13.6. The topological polar surface area (TPSA) is 83.9 Å². The van der Waals surface area contributed by atoms with Gasteiger partial charge in [-0.1, -0.05) is 0 Å². The molecule has 0 radical (unpaired) electrons. The molecule has 3 heterocycles. The van der Waals surface area contributed by atoms with Crippen LogP contribution in [0.1, 0.15) is 40.9 Å². The highest BCUT2D eigenvalue weighted by Gasteiger charge is 2.25. The van der Waals surface area contributed by atoms with Crippen LogP contribution in [0, 0.1) is 5.92 Å². The van der Waals surface area contributed by atoms with Crippen molar-refractivity contribution in [2.75, 3.05) is 13.1 Å². The van der Waals surface area contributed by atoms with Crippen LogP contribution in [0.3, 0.4) is 0 Å². The first kappa shape index (κ1) is 15.1. The Labute approximate surface area is 139 Å². The summed E-state index contributed by atoms with van der Waals surface area (Å²) in [4.78, 5) is 26.4. The number of hydrogen-bond acceptors (Lipinski definition) is 4. The van der Waals surface area contributed by atoms with Gasteiger partial charge in [-0.05, 0) is 43.6 Å². The standard InChI is InChI=1S/C17H21N5O2/c23-16-8-13-2-1-3-15(13)20-22(16)11-12-4-6-21(7-5-12)17(24)14-9-18-19-10-14/h8-10,12H,1-7,11H2,(H,18,19). The number of rotatable bonds is 3. The monoisotopic (exact) mass is 327 g/mol. The second-order valence-corrected chi connectivity index (χ2v) is 6.71. The van der Waals surface area contributed by atoms with Gasteiger partial charge in [0.2, 0.25) is 0 Å². The molecule has 2 aromatic rings. The minimum Gasteiger partial charge on any atom is -0.339 e. The van der Waals surface area contributed by atoms with E-state index in [2.05, 4.69) is 15.3 Å². The van der Waals surface area contributed by atoms with Crippen molar-refractivity contribution in [2.24, 2.45) is 5.92 Å². The molecule has 0 saturated carbocycles. The molecule has 1 saturated heterocycles.